The Bertz CT molecular complexity index is 409. The van der Waals surface area contributed by atoms with Crippen molar-refractivity contribution in [2.75, 3.05) is 13.1 Å². The van der Waals surface area contributed by atoms with Gasteiger partial charge in [0.15, 0.2) is 0 Å². The molecule has 1 atom stereocenters. The summed E-state index contributed by atoms with van der Waals surface area (Å²) in [6.07, 6.45) is 5.68. The molecule has 2 heterocycles. The van der Waals surface area contributed by atoms with Crippen molar-refractivity contribution in [3.05, 3.63) is 28.0 Å². The van der Waals surface area contributed by atoms with Gasteiger partial charge in [-0.1, -0.05) is 13.8 Å². The first-order valence-electron chi connectivity index (χ1n) is 6.60. The van der Waals surface area contributed by atoms with Crippen LogP contribution < -0.4 is 0 Å². The highest BCUT2D eigenvalue weighted by Crippen LogP contribution is 2.28. The Morgan fingerprint density at radius 1 is 1.50 bits per heavy atom. The Balaban J connectivity index is 2.15. The van der Waals surface area contributed by atoms with E-state index in [4.69, 9.17) is 0 Å². The maximum Gasteiger partial charge on any atom is 0.0667 e. The first-order valence-corrected chi connectivity index (χ1v) is 7.40. The van der Waals surface area contributed by atoms with E-state index in [2.05, 4.69) is 39.7 Å². The van der Waals surface area contributed by atoms with E-state index in [1.807, 2.05) is 12.4 Å². The second-order valence-corrected chi connectivity index (χ2v) is 6.23. The van der Waals surface area contributed by atoms with Crippen LogP contribution in [0.2, 0.25) is 0 Å². The molecule has 1 aliphatic heterocycles. The Hall–Kier alpha value is -0.450. The molecule has 100 valence electrons. The van der Waals surface area contributed by atoms with E-state index >= 15 is 0 Å². The zero-order valence-electron chi connectivity index (χ0n) is 11.1. The summed E-state index contributed by atoms with van der Waals surface area (Å²) in [6, 6.07) is 0. The lowest BCUT2D eigenvalue weighted by molar-refractivity contribution is 0.0666. The number of aliphatic hydroxyl groups excluding tert-OH is 1. The molecule has 1 saturated heterocycles. The number of halogens is 1. The van der Waals surface area contributed by atoms with Gasteiger partial charge in [-0.2, -0.15) is 0 Å². The molecule has 1 aromatic heterocycles. The fourth-order valence-electron chi connectivity index (χ4n) is 2.67. The Morgan fingerprint density at radius 3 is 2.94 bits per heavy atom. The molecule has 0 aromatic carbocycles. The molecule has 1 aromatic rings. The molecule has 0 amide bonds. The maximum absolute atomic E-state index is 9.72. The first-order chi connectivity index (χ1) is 8.58. The molecular weight excluding hydrogens is 292 g/mol. The van der Waals surface area contributed by atoms with E-state index in [9.17, 15) is 5.11 Å². The number of rotatable bonds is 3. The van der Waals surface area contributed by atoms with E-state index in [1.165, 1.54) is 11.1 Å². The standard InChI is InChI=1S/C14H21BrN2O/c1-10(2)14-11(6-16-7-13(14)15)8-17-5-3-4-12(18)9-17/h6-7,10,12,18H,3-5,8-9H2,1-2H3/t12-/m0/s1. The highest BCUT2D eigenvalue weighted by Gasteiger charge is 2.20. The van der Waals surface area contributed by atoms with Crippen LogP contribution in [0.15, 0.2) is 16.9 Å². The maximum atomic E-state index is 9.72. The average Bonchev–Trinajstić information content (AvgIpc) is 2.28. The Morgan fingerprint density at radius 2 is 2.28 bits per heavy atom. The predicted octanol–water partition coefficient (Wildman–Crippen LogP) is 2.92. The Labute approximate surface area is 117 Å². The van der Waals surface area contributed by atoms with E-state index in [0.29, 0.717) is 5.92 Å². The van der Waals surface area contributed by atoms with Crippen molar-refractivity contribution in [3.63, 3.8) is 0 Å². The second-order valence-electron chi connectivity index (χ2n) is 5.38. The molecule has 0 radical (unpaired) electrons. The van der Waals surface area contributed by atoms with Crippen LogP contribution in [-0.4, -0.2) is 34.2 Å². The minimum Gasteiger partial charge on any atom is -0.392 e. The third-order valence-corrected chi connectivity index (χ3v) is 4.11. The number of likely N-dealkylation sites (tertiary alicyclic amines) is 1. The van der Waals surface area contributed by atoms with Crippen molar-refractivity contribution in [1.29, 1.82) is 0 Å². The van der Waals surface area contributed by atoms with Crippen LogP contribution in [-0.2, 0) is 6.54 Å². The SMILES string of the molecule is CC(C)c1c(Br)cncc1CN1CCC[C@H](O)C1. The van der Waals surface area contributed by atoms with Crippen molar-refractivity contribution in [3.8, 4) is 0 Å². The van der Waals surface area contributed by atoms with Crippen molar-refractivity contribution < 1.29 is 5.11 Å². The summed E-state index contributed by atoms with van der Waals surface area (Å²) in [5, 5.41) is 9.72. The molecule has 18 heavy (non-hydrogen) atoms. The summed E-state index contributed by atoms with van der Waals surface area (Å²) in [7, 11) is 0. The number of nitrogens with zero attached hydrogens (tertiary/aromatic N) is 2. The number of hydrogen-bond donors (Lipinski definition) is 1. The quantitative estimate of drug-likeness (QED) is 0.932. The Kier molecular flexibility index (Phi) is 4.76. The third kappa shape index (κ3) is 3.31. The molecule has 4 heteroatoms. The van der Waals surface area contributed by atoms with Gasteiger partial charge in [0, 0.05) is 30.0 Å². The van der Waals surface area contributed by atoms with Gasteiger partial charge in [0.25, 0.3) is 0 Å². The molecule has 2 rings (SSSR count). The topological polar surface area (TPSA) is 36.4 Å². The summed E-state index contributed by atoms with van der Waals surface area (Å²) in [5.74, 6) is 0.479. The van der Waals surface area contributed by atoms with Gasteiger partial charge in [0.05, 0.1) is 6.10 Å². The van der Waals surface area contributed by atoms with E-state index in [0.717, 1.165) is 36.9 Å². The number of pyridine rings is 1. The highest BCUT2D eigenvalue weighted by atomic mass is 79.9. The fraction of sp³-hybridized carbons (Fsp3) is 0.643. The third-order valence-electron chi connectivity index (χ3n) is 3.47. The number of β-amino-alcohol motifs (C(OH)–C–C–N with tert-alkyl or cyclic N) is 1. The lowest BCUT2D eigenvalue weighted by Gasteiger charge is -2.30. The van der Waals surface area contributed by atoms with Gasteiger partial charge < -0.3 is 5.11 Å². The van der Waals surface area contributed by atoms with Crippen LogP contribution >= 0.6 is 15.9 Å². The zero-order valence-corrected chi connectivity index (χ0v) is 12.7. The van der Waals surface area contributed by atoms with Gasteiger partial charge in [-0.3, -0.25) is 9.88 Å². The summed E-state index contributed by atoms with van der Waals surface area (Å²) >= 11 is 3.59. The molecular formula is C14H21BrN2O. The van der Waals surface area contributed by atoms with E-state index in [-0.39, 0.29) is 6.10 Å². The van der Waals surface area contributed by atoms with Gasteiger partial charge in [-0.05, 0) is 52.4 Å². The average molecular weight is 313 g/mol. The smallest absolute Gasteiger partial charge is 0.0667 e. The van der Waals surface area contributed by atoms with E-state index < -0.39 is 0 Å². The molecule has 1 N–H and O–H groups in total. The minimum absolute atomic E-state index is 0.165. The van der Waals surface area contributed by atoms with E-state index in [1.54, 1.807) is 0 Å². The number of aliphatic hydroxyl groups is 1. The monoisotopic (exact) mass is 312 g/mol. The van der Waals surface area contributed by atoms with Crippen LogP contribution in [0.25, 0.3) is 0 Å². The molecule has 1 aliphatic rings. The molecule has 0 spiro atoms. The molecule has 3 nitrogen and oxygen atoms in total. The largest absolute Gasteiger partial charge is 0.392 e. The summed E-state index contributed by atoms with van der Waals surface area (Å²) in [6.45, 7) is 7.14. The lowest BCUT2D eigenvalue weighted by Crippen LogP contribution is -2.37. The van der Waals surface area contributed by atoms with Gasteiger partial charge in [0.2, 0.25) is 0 Å². The van der Waals surface area contributed by atoms with Crippen molar-refractivity contribution in [1.82, 2.24) is 9.88 Å². The molecule has 0 bridgehead atoms. The van der Waals surface area contributed by atoms with Crippen molar-refractivity contribution in [2.45, 2.75) is 45.3 Å². The summed E-state index contributed by atoms with van der Waals surface area (Å²) < 4.78 is 1.09. The van der Waals surface area contributed by atoms with Crippen LogP contribution in [0.1, 0.15) is 43.7 Å². The number of hydrogen-bond acceptors (Lipinski definition) is 3. The van der Waals surface area contributed by atoms with Crippen LogP contribution in [0, 0.1) is 0 Å². The summed E-state index contributed by atoms with van der Waals surface area (Å²) in [4.78, 5) is 6.60. The van der Waals surface area contributed by atoms with Gasteiger partial charge in [0.1, 0.15) is 0 Å². The predicted molar refractivity (Wildman–Crippen MR) is 76.5 cm³/mol. The lowest BCUT2D eigenvalue weighted by atomic mass is 9.98. The van der Waals surface area contributed by atoms with Gasteiger partial charge >= 0.3 is 0 Å². The molecule has 0 saturated carbocycles. The first kappa shape index (κ1) is 14.0. The van der Waals surface area contributed by atoms with Crippen LogP contribution in [0.3, 0.4) is 0 Å². The normalized spacial score (nSPS) is 21.5. The minimum atomic E-state index is -0.165. The van der Waals surface area contributed by atoms with Gasteiger partial charge in [-0.25, -0.2) is 0 Å². The molecule has 0 unspecified atom stereocenters. The number of aromatic nitrogens is 1. The number of piperidine rings is 1. The molecule has 0 aliphatic carbocycles. The second kappa shape index (κ2) is 6.13. The van der Waals surface area contributed by atoms with Crippen LogP contribution in [0.5, 0.6) is 0 Å². The zero-order chi connectivity index (χ0) is 13.1. The fourth-order valence-corrected chi connectivity index (χ4v) is 3.50. The molecule has 1 fully saturated rings. The summed E-state index contributed by atoms with van der Waals surface area (Å²) in [5.41, 5.74) is 2.61. The van der Waals surface area contributed by atoms with Crippen molar-refractivity contribution >= 4 is 15.9 Å². The van der Waals surface area contributed by atoms with Crippen LogP contribution in [0.4, 0.5) is 0 Å². The highest BCUT2D eigenvalue weighted by molar-refractivity contribution is 9.10. The van der Waals surface area contributed by atoms with Crippen molar-refractivity contribution in [2.24, 2.45) is 0 Å². The van der Waals surface area contributed by atoms with Gasteiger partial charge in [-0.15, -0.1) is 0 Å².